The number of carbonyl (C=O) groups is 1. The number of fused-ring (bicyclic) bond motifs is 3. The summed E-state index contributed by atoms with van der Waals surface area (Å²) >= 11 is 0. The molecule has 2 atom stereocenters. The van der Waals surface area contributed by atoms with Gasteiger partial charge in [-0.1, -0.05) is 23.8 Å². The standard InChI is InChI=1S/C25H34NO4/c1-7-29-22(27)16-25(5)18(4)26(14-13-23(28-6)30-8-2)21-12-10-19-15-17(3)9-11-20(19)24(21)25/h9-12,15,23H,7-8,13-14,16H2,1-6H3/q+1. The van der Waals surface area contributed by atoms with Crippen molar-refractivity contribution >= 4 is 28.1 Å². The van der Waals surface area contributed by atoms with Crippen molar-refractivity contribution in [2.45, 2.75) is 59.2 Å². The van der Waals surface area contributed by atoms with Gasteiger partial charge < -0.3 is 14.2 Å². The second-order valence-electron chi connectivity index (χ2n) is 8.14. The molecule has 0 spiro atoms. The number of benzene rings is 2. The normalized spacial score (nSPS) is 19.3. The van der Waals surface area contributed by atoms with Gasteiger partial charge in [0.25, 0.3) is 0 Å². The molecule has 2 unspecified atom stereocenters. The molecule has 1 heterocycles. The highest BCUT2D eigenvalue weighted by molar-refractivity contribution is 6.03. The second-order valence-corrected chi connectivity index (χ2v) is 8.14. The van der Waals surface area contributed by atoms with E-state index < -0.39 is 5.41 Å². The van der Waals surface area contributed by atoms with Crippen molar-refractivity contribution in [2.24, 2.45) is 0 Å². The van der Waals surface area contributed by atoms with Gasteiger partial charge in [0.15, 0.2) is 18.5 Å². The number of carbonyl (C=O) groups excluding carboxylic acids is 1. The minimum atomic E-state index is -0.426. The zero-order valence-corrected chi connectivity index (χ0v) is 19.1. The molecule has 5 heteroatoms. The van der Waals surface area contributed by atoms with Gasteiger partial charge in [-0.3, -0.25) is 4.79 Å². The van der Waals surface area contributed by atoms with E-state index in [1.165, 1.54) is 21.9 Å². The van der Waals surface area contributed by atoms with Crippen LogP contribution in [0.2, 0.25) is 0 Å². The minimum Gasteiger partial charge on any atom is -0.466 e. The van der Waals surface area contributed by atoms with E-state index in [-0.39, 0.29) is 12.3 Å². The first-order chi connectivity index (χ1) is 14.3. The lowest BCUT2D eigenvalue weighted by atomic mass is 9.75. The molecule has 1 aliphatic rings. The summed E-state index contributed by atoms with van der Waals surface area (Å²) in [4.78, 5) is 12.6. The number of nitrogens with zero attached hydrogens (tertiary/aromatic N) is 1. The molecule has 0 saturated heterocycles. The summed E-state index contributed by atoms with van der Waals surface area (Å²) in [5, 5.41) is 2.39. The van der Waals surface area contributed by atoms with Crippen molar-refractivity contribution in [3.8, 4) is 0 Å². The summed E-state index contributed by atoms with van der Waals surface area (Å²) in [6, 6.07) is 10.9. The number of rotatable bonds is 9. The van der Waals surface area contributed by atoms with E-state index in [0.29, 0.717) is 19.6 Å². The molecule has 2 aromatic carbocycles. The molecule has 3 rings (SSSR count). The van der Waals surface area contributed by atoms with Gasteiger partial charge in [0.1, 0.15) is 0 Å². The van der Waals surface area contributed by atoms with Gasteiger partial charge in [-0.05, 0) is 44.5 Å². The molecule has 162 valence electrons. The van der Waals surface area contributed by atoms with Crippen LogP contribution >= 0.6 is 0 Å². The van der Waals surface area contributed by atoms with Crippen molar-refractivity contribution in [1.29, 1.82) is 0 Å². The van der Waals surface area contributed by atoms with Crippen LogP contribution in [-0.4, -0.2) is 49.4 Å². The minimum absolute atomic E-state index is 0.166. The van der Waals surface area contributed by atoms with Crippen LogP contribution in [0, 0.1) is 6.92 Å². The maximum atomic E-state index is 12.6. The van der Waals surface area contributed by atoms with Gasteiger partial charge >= 0.3 is 5.97 Å². The molecular weight excluding hydrogens is 378 g/mol. The molecule has 1 aliphatic heterocycles. The average molecular weight is 413 g/mol. The summed E-state index contributed by atoms with van der Waals surface area (Å²) in [7, 11) is 1.68. The van der Waals surface area contributed by atoms with Gasteiger partial charge in [-0.2, -0.15) is 4.58 Å². The van der Waals surface area contributed by atoms with E-state index >= 15 is 0 Å². The van der Waals surface area contributed by atoms with E-state index in [9.17, 15) is 4.79 Å². The molecule has 0 fully saturated rings. The first-order valence-corrected chi connectivity index (χ1v) is 10.8. The summed E-state index contributed by atoms with van der Waals surface area (Å²) in [5.74, 6) is -0.166. The third-order valence-corrected chi connectivity index (χ3v) is 6.21. The average Bonchev–Trinajstić information content (AvgIpc) is 2.92. The lowest BCUT2D eigenvalue weighted by Gasteiger charge is -2.22. The maximum absolute atomic E-state index is 12.6. The Morgan fingerprint density at radius 2 is 1.90 bits per heavy atom. The number of methoxy groups -OCH3 is 1. The first-order valence-electron chi connectivity index (χ1n) is 10.8. The van der Waals surface area contributed by atoms with Crippen LogP contribution in [0.4, 0.5) is 5.69 Å². The van der Waals surface area contributed by atoms with Crippen LogP contribution in [0.3, 0.4) is 0 Å². The topological polar surface area (TPSA) is 47.8 Å². The Kier molecular flexibility index (Phi) is 6.94. The fourth-order valence-corrected chi connectivity index (χ4v) is 4.60. The van der Waals surface area contributed by atoms with Gasteiger partial charge in [-0.15, -0.1) is 0 Å². The van der Waals surface area contributed by atoms with Crippen LogP contribution in [0.25, 0.3) is 10.8 Å². The van der Waals surface area contributed by atoms with Gasteiger partial charge in [0, 0.05) is 32.3 Å². The van der Waals surface area contributed by atoms with E-state index in [1.807, 2.05) is 13.8 Å². The fraction of sp³-hybridized carbons (Fsp3) is 0.520. The smallest absolute Gasteiger partial charge is 0.307 e. The number of hydrogen-bond acceptors (Lipinski definition) is 4. The lowest BCUT2D eigenvalue weighted by molar-refractivity contribution is -0.444. The van der Waals surface area contributed by atoms with Gasteiger partial charge in [0.05, 0.1) is 24.9 Å². The Labute approximate surface area is 179 Å². The molecule has 0 bridgehead atoms. The largest absolute Gasteiger partial charge is 0.466 e. The van der Waals surface area contributed by atoms with Crippen molar-refractivity contribution in [2.75, 3.05) is 26.9 Å². The molecule has 0 aliphatic carbocycles. The van der Waals surface area contributed by atoms with E-state index in [4.69, 9.17) is 14.2 Å². The van der Waals surface area contributed by atoms with Crippen LogP contribution in [0.15, 0.2) is 30.3 Å². The Hall–Kier alpha value is -2.24. The second kappa shape index (κ2) is 9.27. The number of hydrogen-bond donors (Lipinski definition) is 0. The molecule has 2 aromatic rings. The molecule has 5 nitrogen and oxygen atoms in total. The summed E-state index contributed by atoms with van der Waals surface area (Å²) in [6.45, 7) is 12.0. The number of esters is 1. The highest BCUT2D eigenvalue weighted by Crippen LogP contribution is 2.46. The molecular formula is C25H34NO4+. The first kappa shape index (κ1) is 22.4. The van der Waals surface area contributed by atoms with Crippen molar-refractivity contribution in [3.05, 3.63) is 41.5 Å². The van der Waals surface area contributed by atoms with Crippen LogP contribution in [-0.2, 0) is 24.4 Å². The Bertz CT molecular complexity index is 965. The van der Waals surface area contributed by atoms with Crippen molar-refractivity contribution in [1.82, 2.24) is 0 Å². The van der Waals surface area contributed by atoms with Gasteiger partial charge in [0.2, 0.25) is 5.69 Å². The maximum Gasteiger partial charge on any atom is 0.307 e. The van der Waals surface area contributed by atoms with Crippen LogP contribution in [0.1, 0.15) is 51.7 Å². The fourth-order valence-electron chi connectivity index (χ4n) is 4.60. The van der Waals surface area contributed by atoms with Gasteiger partial charge in [-0.25, -0.2) is 0 Å². The molecule has 0 amide bonds. The predicted octanol–water partition coefficient (Wildman–Crippen LogP) is 4.88. The monoisotopic (exact) mass is 412 g/mol. The predicted molar refractivity (Wildman–Crippen MR) is 120 cm³/mol. The Balaban J connectivity index is 2.09. The van der Waals surface area contributed by atoms with E-state index in [0.717, 1.165) is 24.4 Å². The van der Waals surface area contributed by atoms with E-state index in [1.54, 1.807) is 7.11 Å². The molecule has 0 radical (unpaired) electrons. The van der Waals surface area contributed by atoms with Crippen LogP contribution < -0.4 is 0 Å². The third kappa shape index (κ3) is 4.14. The van der Waals surface area contributed by atoms with E-state index in [2.05, 4.69) is 55.7 Å². The Morgan fingerprint density at radius 1 is 1.13 bits per heavy atom. The molecule has 0 N–H and O–H groups in total. The highest BCUT2D eigenvalue weighted by atomic mass is 16.7. The summed E-state index contributed by atoms with van der Waals surface area (Å²) in [6.07, 6.45) is 0.816. The third-order valence-electron chi connectivity index (χ3n) is 6.21. The van der Waals surface area contributed by atoms with Crippen molar-refractivity contribution < 1.29 is 23.6 Å². The molecule has 0 saturated carbocycles. The highest BCUT2D eigenvalue weighted by Gasteiger charge is 2.49. The number of ether oxygens (including phenoxy) is 3. The quantitative estimate of drug-likeness (QED) is 0.335. The summed E-state index contributed by atoms with van der Waals surface area (Å²) < 4.78 is 18.8. The lowest BCUT2D eigenvalue weighted by Crippen LogP contribution is -2.34. The van der Waals surface area contributed by atoms with Crippen LogP contribution in [0.5, 0.6) is 0 Å². The zero-order chi connectivity index (χ0) is 21.9. The number of aryl methyl sites for hydroxylation is 1. The van der Waals surface area contributed by atoms with Crippen molar-refractivity contribution in [3.63, 3.8) is 0 Å². The summed E-state index contributed by atoms with van der Waals surface area (Å²) in [5.41, 5.74) is 4.32. The Morgan fingerprint density at radius 3 is 2.57 bits per heavy atom. The molecule has 0 aromatic heterocycles. The zero-order valence-electron chi connectivity index (χ0n) is 19.1. The molecule has 30 heavy (non-hydrogen) atoms. The SMILES string of the molecule is CCOC(=O)CC1(C)C(C)=[N+](CCC(OC)OCC)c2ccc3cc(C)ccc3c21.